The summed E-state index contributed by atoms with van der Waals surface area (Å²) in [6.07, 6.45) is 10.2. The minimum absolute atomic E-state index is 0.831. The van der Waals surface area contributed by atoms with Gasteiger partial charge in [-0.1, -0.05) is 42.5 Å². The van der Waals surface area contributed by atoms with E-state index in [2.05, 4.69) is 44.1 Å². The smallest absolute Gasteiger partial charge is 0.151 e. The van der Waals surface area contributed by atoms with Crippen molar-refractivity contribution in [3.8, 4) is 11.3 Å². The van der Waals surface area contributed by atoms with Crippen molar-refractivity contribution in [2.24, 2.45) is 5.92 Å². The fraction of sp³-hybridized carbons (Fsp3) is 0.409. The number of hydrogen-bond donors (Lipinski definition) is 0. The van der Waals surface area contributed by atoms with Crippen LogP contribution in [0.2, 0.25) is 0 Å². The van der Waals surface area contributed by atoms with E-state index in [0.717, 1.165) is 59.4 Å². The Labute approximate surface area is 169 Å². The lowest BCUT2D eigenvalue weighted by Crippen LogP contribution is -2.48. The molecule has 1 aliphatic heterocycles. The first-order valence-corrected chi connectivity index (χ1v) is 10.9. The lowest BCUT2D eigenvalue weighted by molar-refractivity contribution is 0.211. The van der Waals surface area contributed by atoms with Gasteiger partial charge in [-0.15, -0.1) is 0 Å². The molecule has 1 atom stereocenters. The van der Waals surface area contributed by atoms with Gasteiger partial charge in [0.05, 0.1) is 0 Å². The van der Waals surface area contributed by atoms with Gasteiger partial charge in [0.25, 0.3) is 0 Å². The molecule has 3 heterocycles. The standard InChI is InChI=1S/C22H25N5S/c1-3-7-17(8-4-1)15-26-11-13-27(14-12-26)22-21-20(23-16-24-22)19(25-28-21)18-9-5-2-6-10-18/h1-3,5-6,9-10,16-17H,4,7-8,11-15H2/t17-/m1/s1. The minimum atomic E-state index is 0.831. The van der Waals surface area contributed by atoms with Crippen LogP contribution in [0.25, 0.3) is 21.5 Å². The monoisotopic (exact) mass is 391 g/mol. The quantitative estimate of drug-likeness (QED) is 0.623. The summed E-state index contributed by atoms with van der Waals surface area (Å²) in [5, 5.41) is 0. The van der Waals surface area contributed by atoms with Crippen molar-refractivity contribution in [1.82, 2.24) is 19.2 Å². The van der Waals surface area contributed by atoms with Crippen LogP contribution in [0, 0.1) is 5.92 Å². The van der Waals surface area contributed by atoms with Gasteiger partial charge < -0.3 is 4.90 Å². The van der Waals surface area contributed by atoms with E-state index in [-0.39, 0.29) is 0 Å². The highest BCUT2D eigenvalue weighted by molar-refractivity contribution is 7.14. The zero-order valence-electron chi connectivity index (χ0n) is 16.0. The topological polar surface area (TPSA) is 45.2 Å². The van der Waals surface area contributed by atoms with Crippen LogP contribution in [0.1, 0.15) is 19.3 Å². The van der Waals surface area contributed by atoms with Crippen molar-refractivity contribution >= 4 is 27.6 Å². The second-order valence-electron chi connectivity index (χ2n) is 7.71. The Morgan fingerprint density at radius 3 is 2.64 bits per heavy atom. The van der Waals surface area contributed by atoms with Crippen molar-refractivity contribution in [3.05, 3.63) is 48.8 Å². The van der Waals surface area contributed by atoms with Crippen molar-refractivity contribution in [2.75, 3.05) is 37.6 Å². The number of hydrogen-bond acceptors (Lipinski definition) is 6. The van der Waals surface area contributed by atoms with E-state index in [1.165, 1.54) is 37.3 Å². The van der Waals surface area contributed by atoms with E-state index in [0.29, 0.717) is 0 Å². The molecule has 0 amide bonds. The fourth-order valence-electron chi connectivity index (χ4n) is 4.29. The fourth-order valence-corrected chi connectivity index (χ4v) is 5.17. The molecular formula is C22H25N5S. The van der Waals surface area contributed by atoms with Crippen LogP contribution in [-0.4, -0.2) is 52.0 Å². The maximum atomic E-state index is 4.71. The zero-order valence-corrected chi connectivity index (χ0v) is 16.8. The van der Waals surface area contributed by atoms with Gasteiger partial charge in [0.2, 0.25) is 0 Å². The van der Waals surface area contributed by atoms with E-state index in [1.54, 1.807) is 6.33 Å². The van der Waals surface area contributed by atoms with Crippen LogP contribution in [0.4, 0.5) is 5.82 Å². The van der Waals surface area contributed by atoms with Crippen LogP contribution in [0.3, 0.4) is 0 Å². The van der Waals surface area contributed by atoms with E-state index >= 15 is 0 Å². The van der Waals surface area contributed by atoms with Gasteiger partial charge in [0, 0.05) is 38.3 Å². The van der Waals surface area contributed by atoms with Gasteiger partial charge in [-0.2, -0.15) is 4.37 Å². The Bertz CT molecular complexity index is 959. The van der Waals surface area contributed by atoms with Gasteiger partial charge in [0.15, 0.2) is 5.82 Å². The highest BCUT2D eigenvalue weighted by Crippen LogP contribution is 2.34. The van der Waals surface area contributed by atoms with Gasteiger partial charge in [-0.05, 0) is 36.7 Å². The average molecular weight is 392 g/mol. The molecule has 2 aliphatic rings. The van der Waals surface area contributed by atoms with Crippen molar-refractivity contribution in [3.63, 3.8) is 0 Å². The lowest BCUT2D eigenvalue weighted by Gasteiger charge is -2.37. The molecule has 28 heavy (non-hydrogen) atoms. The lowest BCUT2D eigenvalue weighted by atomic mass is 9.94. The SMILES string of the molecule is C1=CC[C@@H](CN2CCN(c3ncnc4c(-c5ccccc5)nsc34)CC2)CC1. The predicted molar refractivity (Wildman–Crippen MR) is 116 cm³/mol. The maximum absolute atomic E-state index is 4.71. The number of rotatable bonds is 4. The minimum Gasteiger partial charge on any atom is -0.353 e. The first kappa shape index (κ1) is 17.8. The summed E-state index contributed by atoms with van der Waals surface area (Å²) in [5.74, 6) is 1.88. The number of aromatic nitrogens is 3. The number of nitrogens with zero attached hydrogens (tertiary/aromatic N) is 5. The first-order chi connectivity index (χ1) is 13.9. The number of allylic oxidation sites excluding steroid dienone is 2. The normalized spacial score (nSPS) is 20.7. The third kappa shape index (κ3) is 3.54. The highest BCUT2D eigenvalue weighted by atomic mass is 32.1. The predicted octanol–water partition coefficient (Wildman–Crippen LogP) is 4.23. The Hall–Kier alpha value is -2.31. The second kappa shape index (κ2) is 7.97. The van der Waals surface area contributed by atoms with Gasteiger partial charge in [-0.25, -0.2) is 9.97 Å². The summed E-state index contributed by atoms with van der Waals surface area (Å²) in [6, 6.07) is 10.3. The Morgan fingerprint density at radius 2 is 1.86 bits per heavy atom. The van der Waals surface area contributed by atoms with Gasteiger partial charge in [-0.3, -0.25) is 4.90 Å². The Morgan fingerprint density at radius 1 is 1.00 bits per heavy atom. The number of anilines is 1. The molecule has 0 saturated carbocycles. The van der Waals surface area contributed by atoms with Gasteiger partial charge >= 0.3 is 0 Å². The molecule has 144 valence electrons. The Kier molecular flexibility index (Phi) is 5.06. The molecule has 0 spiro atoms. The molecule has 1 fully saturated rings. The molecule has 0 N–H and O–H groups in total. The van der Waals surface area contributed by atoms with E-state index < -0.39 is 0 Å². The highest BCUT2D eigenvalue weighted by Gasteiger charge is 2.24. The molecule has 1 aromatic carbocycles. The molecule has 0 unspecified atom stereocenters. The average Bonchev–Trinajstić information content (AvgIpc) is 3.20. The number of piperazine rings is 1. The second-order valence-corrected chi connectivity index (χ2v) is 8.48. The van der Waals surface area contributed by atoms with Crippen LogP contribution >= 0.6 is 11.5 Å². The van der Waals surface area contributed by atoms with E-state index in [1.807, 2.05) is 18.2 Å². The Balaban J connectivity index is 1.32. The molecule has 5 nitrogen and oxygen atoms in total. The molecular weight excluding hydrogens is 366 g/mol. The van der Waals surface area contributed by atoms with Crippen molar-refractivity contribution < 1.29 is 0 Å². The molecule has 5 rings (SSSR count). The molecule has 3 aromatic rings. The number of fused-ring (bicyclic) bond motifs is 1. The summed E-state index contributed by atoms with van der Waals surface area (Å²) in [6.45, 7) is 5.49. The molecule has 1 saturated heterocycles. The maximum Gasteiger partial charge on any atom is 0.151 e. The third-order valence-electron chi connectivity index (χ3n) is 5.85. The molecule has 2 aromatic heterocycles. The van der Waals surface area contributed by atoms with Gasteiger partial charge in [0.1, 0.15) is 22.2 Å². The summed E-state index contributed by atoms with van der Waals surface area (Å²) in [5.41, 5.74) is 3.05. The van der Waals surface area contributed by atoms with Crippen molar-refractivity contribution in [1.29, 1.82) is 0 Å². The third-order valence-corrected chi connectivity index (χ3v) is 6.68. The largest absolute Gasteiger partial charge is 0.353 e. The number of benzene rings is 1. The van der Waals surface area contributed by atoms with Crippen LogP contribution in [0.15, 0.2) is 48.8 Å². The van der Waals surface area contributed by atoms with Crippen LogP contribution < -0.4 is 4.90 Å². The van der Waals surface area contributed by atoms with Crippen LogP contribution in [0.5, 0.6) is 0 Å². The summed E-state index contributed by atoms with van der Waals surface area (Å²) in [7, 11) is 0. The van der Waals surface area contributed by atoms with Crippen molar-refractivity contribution in [2.45, 2.75) is 19.3 Å². The summed E-state index contributed by atoms with van der Waals surface area (Å²) >= 11 is 1.52. The first-order valence-electron chi connectivity index (χ1n) is 10.2. The summed E-state index contributed by atoms with van der Waals surface area (Å²) in [4.78, 5) is 14.2. The van der Waals surface area contributed by atoms with E-state index in [9.17, 15) is 0 Å². The van der Waals surface area contributed by atoms with E-state index in [4.69, 9.17) is 4.37 Å². The molecule has 1 aliphatic carbocycles. The molecule has 0 radical (unpaired) electrons. The molecule has 6 heteroatoms. The summed E-state index contributed by atoms with van der Waals surface area (Å²) < 4.78 is 5.81. The zero-order chi connectivity index (χ0) is 18.8. The molecule has 0 bridgehead atoms. The van der Waals surface area contributed by atoms with Crippen LogP contribution in [-0.2, 0) is 0 Å².